The molecule has 0 spiro atoms. The molecular weight excluding hydrogens is 378 g/mol. The van der Waals surface area contributed by atoms with Gasteiger partial charge < -0.3 is 15.0 Å². The minimum absolute atomic E-state index is 0.142. The number of ether oxygens (including phenoxy) is 1. The van der Waals surface area contributed by atoms with E-state index in [0.717, 1.165) is 37.7 Å². The SMILES string of the molecule is COC(=O)c1ccc(C(=O)NCCN2CCN(c3ccc(Cl)cc3)CC2)cc1. The number of amides is 1. The van der Waals surface area contributed by atoms with Crippen LogP contribution in [0.4, 0.5) is 5.69 Å². The summed E-state index contributed by atoms with van der Waals surface area (Å²) in [5.74, 6) is -0.555. The van der Waals surface area contributed by atoms with Crippen molar-refractivity contribution in [3.63, 3.8) is 0 Å². The van der Waals surface area contributed by atoms with Crippen molar-refractivity contribution in [2.24, 2.45) is 0 Å². The average Bonchev–Trinajstić information content (AvgIpc) is 2.74. The lowest BCUT2D eigenvalue weighted by atomic mass is 10.1. The summed E-state index contributed by atoms with van der Waals surface area (Å²) in [6.07, 6.45) is 0. The Hall–Kier alpha value is -2.57. The number of benzene rings is 2. The Morgan fingerprint density at radius 2 is 1.57 bits per heavy atom. The van der Waals surface area contributed by atoms with Gasteiger partial charge in [-0.1, -0.05) is 11.6 Å². The molecule has 6 nitrogen and oxygen atoms in total. The van der Waals surface area contributed by atoms with Gasteiger partial charge in [0.05, 0.1) is 12.7 Å². The van der Waals surface area contributed by atoms with Crippen LogP contribution in [0.25, 0.3) is 0 Å². The number of esters is 1. The van der Waals surface area contributed by atoms with Crippen LogP contribution in [0.15, 0.2) is 48.5 Å². The van der Waals surface area contributed by atoms with E-state index < -0.39 is 5.97 Å². The van der Waals surface area contributed by atoms with Crippen LogP contribution in [0, 0.1) is 0 Å². The second kappa shape index (κ2) is 9.57. The van der Waals surface area contributed by atoms with Gasteiger partial charge in [-0.2, -0.15) is 0 Å². The van der Waals surface area contributed by atoms with Crippen molar-refractivity contribution in [2.75, 3.05) is 51.3 Å². The summed E-state index contributed by atoms with van der Waals surface area (Å²) in [5.41, 5.74) is 2.14. The zero-order valence-corrected chi connectivity index (χ0v) is 16.6. The Morgan fingerprint density at radius 1 is 0.964 bits per heavy atom. The van der Waals surface area contributed by atoms with E-state index in [1.807, 2.05) is 24.3 Å². The number of carbonyl (C=O) groups is 2. The average molecular weight is 402 g/mol. The number of methoxy groups -OCH3 is 1. The third kappa shape index (κ3) is 5.24. The van der Waals surface area contributed by atoms with Crippen LogP contribution in [-0.2, 0) is 4.74 Å². The van der Waals surface area contributed by atoms with Crippen LogP contribution in [0.1, 0.15) is 20.7 Å². The Bertz CT molecular complexity index is 801. The van der Waals surface area contributed by atoms with Gasteiger partial charge in [-0.25, -0.2) is 4.79 Å². The molecule has 1 saturated heterocycles. The van der Waals surface area contributed by atoms with Crippen LogP contribution < -0.4 is 10.2 Å². The van der Waals surface area contributed by atoms with Crippen molar-refractivity contribution in [3.8, 4) is 0 Å². The molecule has 2 aromatic rings. The predicted octanol–water partition coefficient (Wildman–Crippen LogP) is 2.68. The molecule has 0 atom stereocenters. The molecule has 3 rings (SSSR count). The molecule has 1 amide bonds. The number of anilines is 1. The molecule has 148 valence electrons. The maximum absolute atomic E-state index is 12.2. The van der Waals surface area contributed by atoms with Gasteiger partial charge >= 0.3 is 5.97 Å². The Labute approximate surface area is 170 Å². The van der Waals surface area contributed by atoms with E-state index in [4.69, 9.17) is 11.6 Å². The third-order valence-corrected chi connectivity index (χ3v) is 5.10. The third-order valence-electron chi connectivity index (χ3n) is 4.85. The van der Waals surface area contributed by atoms with Crippen LogP contribution in [0.5, 0.6) is 0 Å². The van der Waals surface area contributed by atoms with E-state index >= 15 is 0 Å². The highest BCUT2D eigenvalue weighted by Gasteiger charge is 2.17. The Morgan fingerprint density at radius 3 is 2.18 bits per heavy atom. The largest absolute Gasteiger partial charge is 0.465 e. The second-order valence-corrected chi connectivity index (χ2v) is 7.07. The molecule has 1 aliphatic heterocycles. The number of halogens is 1. The highest BCUT2D eigenvalue weighted by Crippen LogP contribution is 2.19. The number of nitrogens with zero attached hydrogens (tertiary/aromatic N) is 2. The maximum atomic E-state index is 12.2. The first-order valence-corrected chi connectivity index (χ1v) is 9.64. The van der Waals surface area contributed by atoms with Crippen LogP contribution in [0.3, 0.4) is 0 Å². The van der Waals surface area contributed by atoms with Crippen molar-refractivity contribution in [2.45, 2.75) is 0 Å². The summed E-state index contributed by atoms with van der Waals surface area (Å²) in [4.78, 5) is 28.4. The Balaban J connectivity index is 1.40. The fourth-order valence-corrected chi connectivity index (χ4v) is 3.31. The topological polar surface area (TPSA) is 61.9 Å². The summed E-state index contributed by atoms with van der Waals surface area (Å²) < 4.78 is 4.66. The molecule has 0 saturated carbocycles. The normalized spacial score (nSPS) is 14.6. The quantitative estimate of drug-likeness (QED) is 0.754. The molecule has 2 aromatic carbocycles. The summed E-state index contributed by atoms with van der Waals surface area (Å²) in [6, 6.07) is 14.4. The number of hydrogen-bond donors (Lipinski definition) is 1. The lowest BCUT2D eigenvalue weighted by Crippen LogP contribution is -2.48. The van der Waals surface area contributed by atoms with Crippen molar-refractivity contribution in [3.05, 3.63) is 64.7 Å². The van der Waals surface area contributed by atoms with Crippen LogP contribution in [0.2, 0.25) is 5.02 Å². The van der Waals surface area contributed by atoms with Crippen molar-refractivity contribution < 1.29 is 14.3 Å². The van der Waals surface area contributed by atoms with E-state index in [0.29, 0.717) is 17.7 Å². The van der Waals surface area contributed by atoms with E-state index in [9.17, 15) is 9.59 Å². The second-order valence-electron chi connectivity index (χ2n) is 6.63. The number of carbonyl (C=O) groups excluding carboxylic acids is 2. The first-order chi connectivity index (χ1) is 13.6. The molecule has 0 aromatic heterocycles. The lowest BCUT2D eigenvalue weighted by Gasteiger charge is -2.36. The number of rotatable bonds is 6. The van der Waals surface area contributed by atoms with Crippen molar-refractivity contribution in [1.29, 1.82) is 0 Å². The summed E-state index contributed by atoms with van der Waals surface area (Å²) in [6.45, 7) is 5.19. The molecule has 7 heteroatoms. The number of hydrogen-bond acceptors (Lipinski definition) is 5. The van der Waals surface area contributed by atoms with Crippen molar-refractivity contribution in [1.82, 2.24) is 10.2 Å². The molecule has 1 heterocycles. The minimum Gasteiger partial charge on any atom is -0.465 e. The molecule has 28 heavy (non-hydrogen) atoms. The summed E-state index contributed by atoms with van der Waals surface area (Å²) >= 11 is 5.95. The van der Waals surface area contributed by atoms with Crippen molar-refractivity contribution >= 4 is 29.2 Å². The predicted molar refractivity (Wildman–Crippen MR) is 110 cm³/mol. The van der Waals surface area contributed by atoms with E-state index in [1.54, 1.807) is 24.3 Å². The van der Waals surface area contributed by atoms with Gasteiger partial charge in [-0.15, -0.1) is 0 Å². The molecule has 0 aliphatic carbocycles. The van der Waals surface area contributed by atoms with Crippen LogP contribution in [-0.4, -0.2) is 63.2 Å². The fraction of sp³-hybridized carbons (Fsp3) is 0.333. The first-order valence-electron chi connectivity index (χ1n) is 9.26. The van der Waals surface area contributed by atoms with Crippen LogP contribution >= 0.6 is 11.6 Å². The van der Waals surface area contributed by atoms with Gasteiger partial charge in [0, 0.05) is 55.5 Å². The highest BCUT2D eigenvalue weighted by atomic mass is 35.5. The van der Waals surface area contributed by atoms with Gasteiger partial charge in [0.25, 0.3) is 5.91 Å². The zero-order chi connectivity index (χ0) is 19.9. The molecule has 0 unspecified atom stereocenters. The van der Waals surface area contributed by atoms with E-state index in [1.165, 1.54) is 12.8 Å². The standard InChI is InChI=1S/C21H24ClN3O3/c1-28-21(27)17-4-2-16(3-5-17)20(26)23-10-11-24-12-14-25(15-13-24)19-8-6-18(22)7-9-19/h2-9H,10-15H2,1H3,(H,23,26). The van der Waals surface area contributed by atoms with E-state index in [-0.39, 0.29) is 5.91 Å². The van der Waals surface area contributed by atoms with Gasteiger partial charge in [0.15, 0.2) is 0 Å². The van der Waals surface area contributed by atoms with Gasteiger partial charge in [-0.3, -0.25) is 9.69 Å². The molecule has 0 bridgehead atoms. The maximum Gasteiger partial charge on any atom is 0.337 e. The smallest absolute Gasteiger partial charge is 0.337 e. The van der Waals surface area contributed by atoms with Gasteiger partial charge in [0.2, 0.25) is 0 Å². The zero-order valence-electron chi connectivity index (χ0n) is 15.9. The molecule has 0 radical (unpaired) electrons. The summed E-state index contributed by atoms with van der Waals surface area (Å²) in [5, 5.41) is 3.68. The Kier molecular flexibility index (Phi) is 6.90. The van der Waals surface area contributed by atoms with Gasteiger partial charge in [-0.05, 0) is 48.5 Å². The number of piperazine rings is 1. The first kappa shape index (κ1) is 20.2. The van der Waals surface area contributed by atoms with E-state index in [2.05, 4.69) is 19.9 Å². The summed E-state index contributed by atoms with van der Waals surface area (Å²) in [7, 11) is 1.33. The highest BCUT2D eigenvalue weighted by molar-refractivity contribution is 6.30. The van der Waals surface area contributed by atoms with Gasteiger partial charge in [0.1, 0.15) is 0 Å². The monoisotopic (exact) mass is 401 g/mol. The molecule has 1 N–H and O–H groups in total. The fourth-order valence-electron chi connectivity index (χ4n) is 3.19. The minimum atomic E-state index is -0.412. The molecule has 1 aliphatic rings. The lowest BCUT2D eigenvalue weighted by molar-refractivity contribution is 0.0600. The molecule has 1 fully saturated rings. The number of nitrogens with one attached hydrogen (secondary N) is 1. The molecular formula is C21H24ClN3O3.